The van der Waals surface area contributed by atoms with Gasteiger partial charge in [-0.15, -0.1) is 0 Å². The van der Waals surface area contributed by atoms with Crippen LogP contribution in [0.3, 0.4) is 0 Å². The SMILES string of the molecule is COc1cccc(CSCc2ccc(C(F)(F)P(=O)(O)O)c(Br)c2)c1.O=C1c2ccccc2C(=O)N1CCCCSCc1ccc(C(F)(F)P(=O)(O)O)c(Br)c1.O=P(O)(O)C(F)(F)c1ccc(CSCC2CCCCO2)cc1Br.O=P(O)(O)C(F)(F)c1ccc(CSCCCOc2ccccc2)cc1Br.O=[N+]([O-])c1cccc(CSCc2ccc(C(F)(F)P(=O)(O)O)c(Br)c2)c1. The molecule has 0 bridgehead atoms. The molecular weight excluding hydrogens is 2270 g/mol. The van der Waals surface area contributed by atoms with Gasteiger partial charge in [0, 0.05) is 121 Å². The molecule has 9 aromatic rings. The smallest absolute Gasteiger partial charge is 0.399 e. The summed E-state index contributed by atoms with van der Waals surface area (Å²) in [6.07, 6.45) is 5.81. The van der Waals surface area contributed by atoms with Gasteiger partial charge in [0.15, 0.2) is 0 Å². The molecule has 9 aromatic carbocycles. The van der Waals surface area contributed by atoms with E-state index in [2.05, 4.69) is 79.6 Å². The highest BCUT2D eigenvalue weighted by molar-refractivity contribution is 9.11. The molecule has 2 amide bonds. The van der Waals surface area contributed by atoms with E-state index in [1.165, 1.54) is 95.9 Å². The number of halogens is 15. The fourth-order valence-electron chi connectivity index (χ4n) is 11.8. The van der Waals surface area contributed by atoms with Gasteiger partial charge in [-0.1, -0.05) is 195 Å². The molecule has 2 heterocycles. The number of amides is 2. The summed E-state index contributed by atoms with van der Waals surface area (Å²) in [5.74, 6) is 7.42. The van der Waals surface area contributed by atoms with Gasteiger partial charge in [0.25, 0.3) is 17.5 Å². The first-order chi connectivity index (χ1) is 61.1. The number of rotatable bonds is 38. The lowest BCUT2D eigenvalue weighted by Gasteiger charge is -2.22. The van der Waals surface area contributed by atoms with Crippen LogP contribution < -0.4 is 9.47 Å². The van der Waals surface area contributed by atoms with E-state index in [0.29, 0.717) is 70.8 Å². The van der Waals surface area contributed by atoms with Crippen molar-refractivity contribution in [2.45, 2.75) is 113 Å². The van der Waals surface area contributed by atoms with Crippen LogP contribution in [0.15, 0.2) is 216 Å². The second-order valence-corrected chi connectivity index (χ2v) is 46.1. The van der Waals surface area contributed by atoms with Crippen molar-refractivity contribution >= 4 is 194 Å². The number of fused-ring (bicyclic) bond motifs is 1. The van der Waals surface area contributed by atoms with E-state index in [1.54, 1.807) is 90.6 Å². The molecule has 1 atom stereocenters. The zero-order valence-electron chi connectivity index (χ0n) is 68.2. The third kappa shape index (κ3) is 33.0. The van der Waals surface area contributed by atoms with Crippen molar-refractivity contribution in [1.82, 2.24) is 4.90 Å². The number of methoxy groups -OCH3 is 1. The zero-order chi connectivity index (χ0) is 97.3. The molecule has 2 aliphatic heterocycles. The fourth-order valence-corrected chi connectivity index (χ4v) is 23.2. The third-order valence-electron chi connectivity index (χ3n) is 18.6. The number of nitro groups is 1. The molecule has 10 N–H and O–H groups in total. The number of thioether (sulfide) groups is 5. The Hall–Kier alpha value is -4.72. The maximum Gasteiger partial charge on any atom is 0.399 e. The predicted octanol–water partition coefficient (Wildman–Crippen LogP) is 25.0. The Kier molecular flexibility index (Phi) is 43.9. The van der Waals surface area contributed by atoms with Crippen LogP contribution in [0.4, 0.5) is 49.6 Å². The molecule has 0 aliphatic carbocycles. The first-order valence-electron chi connectivity index (χ1n) is 38.3. The predicted molar refractivity (Wildman–Crippen MR) is 506 cm³/mol. The van der Waals surface area contributed by atoms with Gasteiger partial charge in [0.05, 0.1) is 35.9 Å². The summed E-state index contributed by atoms with van der Waals surface area (Å²) in [5.41, 5.74) is -18.4. The lowest BCUT2D eigenvalue weighted by molar-refractivity contribution is -0.384. The number of imide groups is 1. The quantitative estimate of drug-likeness (QED) is 0.00429. The molecule has 2 aliphatic rings. The van der Waals surface area contributed by atoms with Crippen LogP contribution in [0, 0.1) is 10.1 Å². The van der Waals surface area contributed by atoms with Crippen molar-refractivity contribution in [3.63, 3.8) is 0 Å². The molecule has 0 aromatic heterocycles. The highest BCUT2D eigenvalue weighted by Crippen LogP contribution is 2.65. The third-order valence-corrected chi connectivity index (χ3v) is 32.2. The Morgan fingerprint density at radius 1 is 0.412 bits per heavy atom. The summed E-state index contributed by atoms with van der Waals surface area (Å²) in [6, 6.07) is 49.6. The van der Waals surface area contributed by atoms with E-state index in [9.17, 15) is 86.4 Å². The van der Waals surface area contributed by atoms with Gasteiger partial charge in [0.2, 0.25) is 0 Å². The number of carbonyl (C=O) groups is 2. The maximum atomic E-state index is 13.9. The Balaban J connectivity index is 0.000000225. The molecule has 0 spiro atoms. The lowest BCUT2D eigenvalue weighted by atomic mass is 10.1. The lowest BCUT2D eigenvalue weighted by Crippen LogP contribution is -2.30. The molecule has 0 radical (unpaired) electrons. The second-order valence-electron chi connectivity index (χ2n) is 28.4. The average Bonchev–Trinajstić information content (AvgIpc) is 1.77. The van der Waals surface area contributed by atoms with Gasteiger partial charge in [-0.2, -0.15) is 103 Å². The molecule has 11 rings (SSSR count). The van der Waals surface area contributed by atoms with E-state index in [-0.39, 0.29) is 46.0 Å². The average molecular weight is 2350 g/mol. The van der Waals surface area contributed by atoms with Gasteiger partial charge in [0.1, 0.15) is 11.5 Å². The minimum Gasteiger partial charge on any atom is -0.497 e. The van der Waals surface area contributed by atoms with Crippen molar-refractivity contribution in [2.75, 3.05) is 44.1 Å². The maximum absolute atomic E-state index is 13.9. The Morgan fingerprint density at radius 3 is 1.08 bits per heavy atom. The number of nitro benzene ring substituents is 1. The van der Waals surface area contributed by atoms with Gasteiger partial charge in [-0.3, -0.25) is 47.4 Å². The van der Waals surface area contributed by atoms with Crippen molar-refractivity contribution in [1.29, 1.82) is 0 Å². The normalized spacial score (nSPS) is 14.0. The van der Waals surface area contributed by atoms with Crippen LogP contribution in [-0.2, 0) is 96.2 Å². The molecule has 0 saturated carbocycles. The van der Waals surface area contributed by atoms with Crippen LogP contribution in [0.2, 0.25) is 0 Å². The van der Waals surface area contributed by atoms with Crippen molar-refractivity contribution < 1.29 is 144 Å². The standard InChI is InChI=1S/C20H19BrF2NO5PS.C17H18BrF2O4PS.C16H16BrF2O4PS.C15H13BrF2NO5PS.C14H18BrF2O4PS/c21-17-11-13(7-8-16(17)20(22,23)30(27,28)29)12-31-10-4-3-9-24-18(25)14-5-1-2-6-15(14)19(24)26;18-16-11-13(7-8-15(16)17(19,20)25(21,22)23)12-26-10-4-9-24-14-5-2-1-3-6-14;1-23-13-4-2-3-11(7-13)9-25-10-12-5-6-14(15(17)8-12)16(18,19)24(20,21)22;16-14-7-11(4-5-13(14)15(17,18)25(22,23)24)9-26-8-10-2-1-3-12(6-10)19(20)21;15-13-7-10(8-23-9-11-3-1-2-6-21-11)4-5-12(13)14(16,17)22(18,19)20/h1-2,5-8,11H,3-4,9-10,12H2,(H2,27,28,29);1-3,5-8,11H,4,9-10,12H2,(H2,21,22,23);2-8H,9-10H2,1H3,(H2,20,21,22);1-7H,8-9H2,(H2,22,23,24);4-5,7,11H,1-3,6,8-9H2,(H2,18,19,20). The Labute approximate surface area is 809 Å². The summed E-state index contributed by atoms with van der Waals surface area (Å²) in [7, 11) is -26.4. The van der Waals surface area contributed by atoms with Gasteiger partial charge in [-0.05, 0) is 156 Å². The summed E-state index contributed by atoms with van der Waals surface area (Å²) >= 11 is 22.7. The first-order valence-corrected chi connectivity index (χ1v) is 56.1. The van der Waals surface area contributed by atoms with E-state index >= 15 is 0 Å². The molecule has 24 nitrogen and oxygen atoms in total. The molecule has 1 fully saturated rings. The van der Waals surface area contributed by atoms with Gasteiger partial charge < -0.3 is 63.1 Å². The molecule has 714 valence electrons. The Morgan fingerprint density at radius 2 is 0.740 bits per heavy atom. The highest BCUT2D eigenvalue weighted by atomic mass is 79.9. The van der Waals surface area contributed by atoms with Crippen LogP contribution in [0.5, 0.6) is 11.5 Å². The first kappa shape index (κ1) is 113. The zero-order valence-corrected chi connectivity index (χ0v) is 84.7. The van der Waals surface area contributed by atoms with Crippen LogP contribution in [0.25, 0.3) is 0 Å². The number of non-ortho nitro benzene ring substituents is 1. The van der Waals surface area contributed by atoms with Gasteiger partial charge >= 0.3 is 66.3 Å². The van der Waals surface area contributed by atoms with Crippen LogP contribution in [0.1, 0.15) is 126 Å². The molecule has 131 heavy (non-hydrogen) atoms. The summed E-state index contributed by atoms with van der Waals surface area (Å²) in [6.45, 7) is 1.72. The largest absolute Gasteiger partial charge is 0.497 e. The van der Waals surface area contributed by atoms with E-state index in [0.717, 1.165) is 131 Å². The molecule has 1 unspecified atom stereocenters. The number of ether oxygens (including phenoxy) is 3. The van der Waals surface area contributed by atoms with E-state index < -0.39 is 99.0 Å². The number of alkyl halides is 10. The monoisotopic (exact) mass is 2350 g/mol. The summed E-state index contributed by atoms with van der Waals surface area (Å²) in [5, 5.41) is 10.7. The highest BCUT2D eigenvalue weighted by Gasteiger charge is 2.55. The number of nitrogens with zero attached hydrogens (tertiary/aromatic N) is 2. The molecule has 49 heteroatoms. The fraction of sp³-hybridized carbons (Fsp3) is 0.317. The summed E-state index contributed by atoms with van der Waals surface area (Å²) < 4.78 is 209. The second kappa shape index (κ2) is 50.7. The molecule has 1 saturated heterocycles. The van der Waals surface area contributed by atoms with Gasteiger partial charge in [-0.25, -0.2) is 0 Å². The van der Waals surface area contributed by atoms with E-state index in [4.69, 9.17) is 63.1 Å². The number of para-hydroxylation sites is 1. The van der Waals surface area contributed by atoms with Crippen LogP contribution in [-0.4, -0.2) is 121 Å². The minimum atomic E-state index is -5.63. The topological polar surface area (TPSA) is 396 Å². The number of carbonyl (C=O) groups excluding carboxylic acids is 2. The molecular formula is C82H84Br5F10N2O22P5S5. The summed E-state index contributed by atoms with van der Waals surface area (Å²) in [4.78, 5) is 124. The number of benzene rings is 9. The number of hydrogen-bond acceptors (Lipinski definition) is 17. The number of unbranched alkanes of at least 4 members (excludes halogenated alkanes) is 1. The van der Waals surface area contributed by atoms with E-state index in [1.807, 2.05) is 54.6 Å². The van der Waals surface area contributed by atoms with Crippen LogP contribution >= 0.6 is 176 Å². The minimum absolute atomic E-state index is 0.00200. The van der Waals surface area contributed by atoms with Crippen molar-refractivity contribution in [3.8, 4) is 11.5 Å². The number of hydrogen-bond donors (Lipinski definition) is 10. The Bertz CT molecular complexity index is 5630. The van der Waals surface area contributed by atoms with Crippen molar-refractivity contribution in [2.24, 2.45) is 0 Å². The van der Waals surface area contributed by atoms with Crippen molar-refractivity contribution in [3.05, 3.63) is 304 Å².